The molecule has 64 valence electrons. The van der Waals surface area contributed by atoms with Gasteiger partial charge in [0, 0.05) is 12.6 Å². The molecule has 1 N–H and O–H groups in total. The van der Waals surface area contributed by atoms with Crippen molar-refractivity contribution in [2.75, 3.05) is 26.0 Å². The van der Waals surface area contributed by atoms with E-state index in [9.17, 15) is 4.79 Å². The number of carbonyl (C=O) groups is 1. The van der Waals surface area contributed by atoms with E-state index < -0.39 is 0 Å². The zero-order valence-electron chi connectivity index (χ0n) is 6.64. The van der Waals surface area contributed by atoms with Crippen LogP contribution in [0.25, 0.3) is 0 Å². The molecule has 11 heavy (non-hydrogen) atoms. The Kier molecular flexibility index (Phi) is 3.15. The van der Waals surface area contributed by atoms with Crippen LogP contribution >= 0.6 is 11.6 Å². The van der Waals surface area contributed by atoms with Gasteiger partial charge in [-0.05, 0) is 20.0 Å². The second kappa shape index (κ2) is 3.93. The quantitative estimate of drug-likeness (QED) is 0.603. The van der Waals surface area contributed by atoms with Crippen LogP contribution in [-0.4, -0.2) is 42.9 Å². The van der Waals surface area contributed by atoms with Gasteiger partial charge in [0.05, 0.1) is 0 Å². The molecule has 0 aromatic carbocycles. The zero-order chi connectivity index (χ0) is 8.27. The van der Waals surface area contributed by atoms with Gasteiger partial charge in [-0.15, -0.1) is 11.6 Å². The number of carbonyl (C=O) groups excluding carboxylic acids is 1. The topological polar surface area (TPSA) is 32.3 Å². The average Bonchev–Trinajstić information content (AvgIpc) is 2.35. The van der Waals surface area contributed by atoms with Gasteiger partial charge in [-0.2, -0.15) is 0 Å². The predicted molar refractivity (Wildman–Crippen MR) is 44.8 cm³/mol. The molecule has 3 nitrogen and oxygen atoms in total. The lowest BCUT2D eigenvalue weighted by Crippen LogP contribution is -2.37. The number of hydrogen-bond acceptors (Lipinski definition) is 2. The summed E-state index contributed by atoms with van der Waals surface area (Å²) in [6.07, 6.45) is 1.04. The van der Waals surface area contributed by atoms with Gasteiger partial charge in [0.1, 0.15) is 5.88 Å². The maximum atomic E-state index is 10.8. The molecule has 0 aliphatic carbocycles. The number of likely N-dealkylation sites (N-methyl/N-ethyl adjacent to an activating group) is 1. The van der Waals surface area contributed by atoms with Gasteiger partial charge in [0.15, 0.2) is 0 Å². The van der Waals surface area contributed by atoms with E-state index in [1.54, 1.807) is 0 Å². The van der Waals surface area contributed by atoms with Crippen molar-refractivity contribution in [1.29, 1.82) is 0 Å². The minimum absolute atomic E-state index is 0.0630. The molecule has 1 aliphatic heterocycles. The van der Waals surface area contributed by atoms with Crippen molar-refractivity contribution in [2.45, 2.75) is 12.5 Å². The number of alkyl halides is 1. The number of nitrogens with zero attached hydrogens (tertiary/aromatic N) is 1. The molecule has 1 atom stereocenters. The highest BCUT2D eigenvalue weighted by molar-refractivity contribution is 6.27. The molecule has 0 spiro atoms. The highest BCUT2D eigenvalue weighted by Gasteiger charge is 2.20. The summed E-state index contributed by atoms with van der Waals surface area (Å²) in [6, 6.07) is 0.311. The van der Waals surface area contributed by atoms with Crippen molar-refractivity contribution >= 4 is 17.5 Å². The molecule has 1 heterocycles. The van der Waals surface area contributed by atoms with Crippen LogP contribution in [0.15, 0.2) is 0 Å². The van der Waals surface area contributed by atoms with Crippen LogP contribution in [0.5, 0.6) is 0 Å². The molecule has 1 aliphatic rings. The van der Waals surface area contributed by atoms with E-state index in [1.807, 2.05) is 7.05 Å². The summed E-state index contributed by atoms with van der Waals surface area (Å²) < 4.78 is 0. The van der Waals surface area contributed by atoms with Crippen molar-refractivity contribution in [3.05, 3.63) is 0 Å². The first-order valence-electron chi connectivity index (χ1n) is 3.76. The first-order valence-corrected chi connectivity index (χ1v) is 4.29. The van der Waals surface area contributed by atoms with Gasteiger partial charge in [-0.1, -0.05) is 0 Å². The third-order valence-corrected chi connectivity index (χ3v) is 2.12. The summed E-state index contributed by atoms with van der Waals surface area (Å²) in [6.45, 7) is 2.01. The van der Waals surface area contributed by atoms with E-state index in [-0.39, 0.29) is 11.8 Å². The summed E-state index contributed by atoms with van der Waals surface area (Å²) in [5.41, 5.74) is 0. The summed E-state index contributed by atoms with van der Waals surface area (Å²) in [5.74, 6) is 0.00666. The van der Waals surface area contributed by atoms with Gasteiger partial charge < -0.3 is 10.2 Å². The van der Waals surface area contributed by atoms with Crippen LogP contribution in [0.1, 0.15) is 6.42 Å². The normalized spacial score (nSPS) is 25.5. The molecule has 4 heteroatoms. The van der Waals surface area contributed by atoms with Gasteiger partial charge in [-0.3, -0.25) is 4.79 Å². The largest absolute Gasteiger partial charge is 0.351 e. The highest BCUT2D eigenvalue weighted by atomic mass is 35.5. The van der Waals surface area contributed by atoms with Gasteiger partial charge in [0.2, 0.25) is 5.91 Å². The third-order valence-electron chi connectivity index (χ3n) is 1.88. The third kappa shape index (κ3) is 2.67. The Morgan fingerprint density at radius 2 is 2.55 bits per heavy atom. The molecule has 1 fully saturated rings. The van der Waals surface area contributed by atoms with Crippen LogP contribution in [0, 0.1) is 0 Å². The summed E-state index contributed by atoms with van der Waals surface area (Å²) in [4.78, 5) is 13.0. The first-order chi connectivity index (χ1) is 5.22. The standard InChI is InChI=1S/C7H13ClN2O/c1-10-3-2-6(5-10)9-7(11)4-8/h6H,2-5H2,1H3,(H,9,11). The summed E-state index contributed by atoms with van der Waals surface area (Å²) in [5, 5.41) is 2.85. The molecule has 1 rings (SSSR count). The lowest BCUT2D eigenvalue weighted by Gasteiger charge is -2.10. The van der Waals surface area contributed by atoms with E-state index in [0.29, 0.717) is 6.04 Å². The molecular weight excluding hydrogens is 164 g/mol. The minimum atomic E-state index is -0.0630. The minimum Gasteiger partial charge on any atom is -0.351 e. The van der Waals surface area contributed by atoms with Crippen molar-refractivity contribution in [2.24, 2.45) is 0 Å². The highest BCUT2D eigenvalue weighted by Crippen LogP contribution is 2.05. The second-order valence-corrected chi connectivity index (χ2v) is 3.22. The van der Waals surface area contributed by atoms with E-state index in [2.05, 4.69) is 10.2 Å². The number of hydrogen-bond donors (Lipinski definition) is 1. The number of likely N-dealkylation sites (tertiary alicyclic amines) is 1. The molecule has 0 bridgehead atoms. The van der Waals surface area contributed by atoms with Crippen molar-refractivity contribution in [3.8, 4) is 0 Å². The lowest BCUT2D eigenvalue weighted by molar-refractivity contribution is -0.119. The summed E-state index contributed by atoms with van der Waals surface area (Å²) >= 11 is 5.34. The lowest BCUT2D eigenvalue weighted by atomic mass is 10.3. The maximum Gasteiger partial charge on any atom is 0.235 e. The number of amides is 1. The molecule has 0 radical (unpaired) electrons. The predicted octanol–water partition coefficient (Wildman–Crippen LogP) is 0.0455. The fourth-order valence-corrected chi connectivity index (χ4v) is 1.40. The molecule has 0 aromatic rings. The molecule has 1 unspecified atom stereocenters. The van der Waals surface area contributed by atoms with Gasteiger partial charge in [-0.25, -0.2) is 0 Å². The van der Waals surface area contributed by atoms with Crippen molar-refractivity contribution in [3.63, 3.8) is 0 Å². The van der Waals surface area contributed by atoms with E-state index in [0.717, 1.165) is 19.5 Å². The maximum absolute atomic E-state index is 10.8. The Morgan fingerprint density at radius 3 is 3.00 bits per heavy atom. The van der Waals surface area contributed by atoms with Crippen molar-refractivity contribution in [1.82, 2.24) is 10.2 Å². The van der Waals surface area contributed by atoms with Crippen LogP contribution in [0.3, 0.4) is 0 Å². The Balaban J connectivity index is 2.23. The number of halogens is 1. The first kappa shape index (κ1) is 8.81. The van der Waals surface area contributed by atoms with Crippen molar-refractivity contribution < 1.29 is 4.79 Å². The number of nitrogens with one attached hydrogen (secondary N) is 1. The Hall–Kier alpha value is -0.280. The smallest absolute Gasteiger partial charge is 0.235 e. The molecule has 1 saturated heterocycles. The van der Waals surface area contributed by atoms with Crippen LogP contribution in [-0.2, 0) is 4.79 Å². The van der Waals surface area contributed by atoms with E-state index >= 15 is 0 Å². The Labute approximate surface area is 71.7 Å². The molecular formula is C7H13ClN2O. The monoisotopic (exact) mass is 176 g/mol. The Morgan fingerprint density at radius 1 is 1.82 bits per heavy atom. The fraction of sp³-hybridized carbons (Fsp3) is 0.857. The van der Waals surface area contributed by atoms with Crippen LogP contribution in [0.4, 0.5) is 0 Å². The van der Waals surface area contributed by atoms with E-state index in [4.69, 9.17) is 11.6 Å². The molecule has 0 saturated carbocycles. The van der Waals surface area contributed by atoms with Gasteiger partial charge >= 0.3 is 0 Å². The fourth-order valence-electron chi connectivity index (χ4n) is 1.32. The SMILES string of the molecule is CN1CCC(NC(=O)CCl)C1. The van der Waals surface area contributed by atoms with Gasteiger partial charge in [0.25, 0.3) is 0 Å². The Bertz CT molecular complexity index is 151. The summed E-state index contributed by atoms with van der Waals surface area (Å²) in [7, 11) is 2.05. The second-order valence-electron chi connectivity index (χ2n) is 2.95. The molecule has 0 aromatic heterocycles. The zero-order valence-corrected chi connectivity index (χ0v) is 7.40. The molecule has 1 amide bonds. The van der Waals surface area contributed by atoms with E-state index in [1.165, 1.54) is 0 Å². The van der Waals surface area contributed by atoms with Crippen LogP contribution < -0.4 is 5.32 Å². The number of rotatable bonds is 2. The van der Waals surface area contributed by atoms with Crippen LogP contribution in [0.2, 0.25) is 0 Å². The average molecular weight is 177 g/mol.